The van der Waals surface area contributed by atoms with Crippen LogP contribution in [0.25, 0.3) is 0 Å². The van der Waals surface area contributed by atoms with Gasteiger partial charge in [0.25, 0.3) is 0 Å². The second-order valence-electron chi connectivity index (χ2n) is 4.48. The minimum absolute atomic E-state index is 0.0530. The Morgan fingerprint density at radius 2 is 2.11 bits per heavy atom. The minimum Gasteiger partial charge on any atom is -0.478 e. The second kappa shape index (κ2) is 5.48. The Kier molecular flexibility index (Phi) is 3.95. The molecule has 0 saturated heterocycles. The lowest BCUT2D eigenvalue weighted by atomic mass is 10.2. The van der Waals surface area contributed by atoms with Gasteiger partial charge in [0.05, 0.1) is 5.56 Å². The van der Waals surface area contributed by atoms with E-state index in [0.29, 0.717) is 18.3 Å². The first kappa shape index (κ1) is 13.7. The summed E-state index contributed by atoms with van der Waals surface area (Å²) in [6, 6.07) is 4.36. The predicted octanol–water partition coefficient (Wildman–Crippen LogP) is 3.05. The fraction of sp³-hybridized carbons (Fsp3) is 0.385. The highest BCUT2D eigenvalue weighted by molar-refractivity contribution is 6.31. The number of nitrogens with one attached hydrogen (secondary N) is 1. The molecule has 1 aliphatic carbocycles. The summed E-state index contributed by atoms with van der Waals surface area (Å²) in [5, 5.41) is 11.9. The molecule has 0 atom stereocenters. The van der Waals surface area contributed by atoms with Crippen LogP contribution in [-0.2, 0) is 0 Å². The molecule has 102 valence electrons. The molecule has 2 N–H and O–H groups in total. The third-order valence-corrected chi connectivity index (χ3v) is 3.20. The Hall–Kier alpha value is -1.75. The molecule has 1 saturated carbocycles. The highest BCUT2D eigenvalue weighted by Crippen LogP contribution is 2.27. The molecule has 2 amide bonds. The van der Waals surface area contributed by atoms with E-state index in [2.05, 4.69) is 5.32 Å². The van der Waals surface area contributed by atoms with Gasteiger partial charge in [-0.3, -0.25) is 0 Å². The Balaban J connectivity index is 2.13. The normalized spacial score (nSPS) is 14.0. The molecular weight excluding hydrogens is 268 g/mol. The lowest BCUT2D eigenvalue weighted by Gasteiger charge is -2.21. The first-order valence-corrected chi connectivity index (χ1v) is 6.50. The SMILES string of the molecule is CCN(C(=O)Nc1cc(Cl)cc(C(=O)O)c1)C1CC1. The van der Waals surface area contributed by atoms with Gasteiger partial charge in [-0.05, 0) is 38.0 Å². The number of anilines is 1. The third-order valence-electron chi connectivity index (χ3n) is 2.99. The molecule has 0 spiro atoms. The van der Waals surface area contributed by atoms with Gasteiger partial charge >= 0.3 is 12.0 Å². The van der Waals surface area contributed by atoms with Gasteiger partial charge in [-0.2, -0.15) is 0 Å². The lowest BCUT2D eigenvalue weighted by Crippen LogP contribution is -2.36. The maximum Gasteiger partial charge on any atom is 0.335 e. The van der Waals surface area contributed by atoms with Crippen LogP contribution in [0.15, 0.2) is 18.2 Å². The second-order valence-corrected chi connectivity index (χ2v) is 4.92. The standard InChI is InChI=1S/C13H15ClN2O3/c1-2-16(11-3-4-11)13(19)15-10-6-8(12(17)18)5-9(14)7-10/h5-7,11H,2-4H2,1H3,(H,15,19)(H,17,18). The van der Waals surface area contributed by atoms with Gasteiger partial charge in [0.15, 0.2) is 0 Å². The number of benzene rings is 1. The molecule has 0 aliphatic heterocycles. The van der Waals surface area contributed by atoms with Crippen LogP contribution in [0.4, 0.5) is 10.5 Å². The van der Waals surface area contributed by atoms with E-state index in [-0.39, 0.29) is 16.6 Å². The zero-order valence-corrected chi connectivity index (χ0v) is 11.3. The molecule has 1 fully saturated rings. The van der Waals surface area contributed by atoms with E-state index in [1.165, 1.54) is 18.2 Å². The van der Waals surface area contributed by atoms with E-state index in [1.54, 1.807) is 4.90 Å². The van der Waals surface area contributed by atoms with Crippen molar-refractivity contribution in [3.8, 4) is 0 Å². The molecule has 0 unspecified atom stereocenters. The summed E-state index contributed by atoms with van der Waals surface area (Å²) < 4.78 is 0. The number of rotatable bonds is 4. The van der Waals surface area contributed by atoms with Crippen molar-refractivity contribution in [3.63, 3.8) is 0 Å². The number of carbonyl (C=O) groups is 2. The van der Waals surface area contributed by atoms with Crippen molar-refractivity contribution in [2.24, 2.45) is 0 Å². The summed E-state index contributed by atoms with van der Waals surface area (Å²) in [5.74, 6) is -1.08. The van der Waals surface area contributed by atoms with E-state index >= 15 is 0 Å². The van der Waals surface area contributed by atoms with Gasteiger partial charge in [0, 0.05) is 23.3 Å². The van der Waals surface area contributed by atoms with E-state index in [4.69, 9.17) is 16.7 Å². The maximum atomic E-state index is 12.0. The first-order chi connectivity index (χ1) is 9.01. The Labute approximate surface area is 116 Å². The van der Waals surface area contributed by atoms with Crippen molar-refractivity contribution in [2.75, 3.05) is 11.9 Å². The summed E-state index contributed by atoms with van der Waals surface area (Å²) in [6.45, 7) is 2.54. The molecule has 0 heterocycles. The highest BCUT2D eigenvalue weighted by Gasteiger charge is 2.31. The largest absolute Gasteiger partial charge is 0.478 e. The summed E-state index contributed by atoms with van der Waals surface area (Å²) in [6.07, 6.45) is 2.05. The number of carboxylic acid groups (broad SMARTS) is 1. The topological polar surface area (TPSA) is 69.6 Å². The van der Waals surface area contributed by atoms with E-state index < -0.39 is 5.97 Å². The minimum atomic E-state index is -1.08. The number of aromatic carboxylic acids is 1. The average molecular weight is 283 g/mol. The van der Waals surface area contributed by atoms with Gasteiger partial charge in [-0.1, -0.05) is 11.6 Å². The Morgan fingerprint density at radius 3 is 2.63 bits per heavy atom. The molecular formula is C13H15ClN2O3. The molecule has 0 bridgehead atoms. The average Bonchev–Trinajstić information content (AvgIpc) is 3.13. The first-order valence-electron chi connectivity index (χ1n) is 6.12. The zero-order chi connectivity index (χ0) is 14.0. The van der Waals surface area contributed by atoms with Crippen molar-refractivity contribution in [1.82, 2.24) is 4.90 Å². The van der Waals surface area contributed by atoms with Gasteiger partial charge in [0.1, 0.15) is 0 Å². The van der Waals surface area contributed by atoms with Crippen LogP contribution in [-0.4, -0.2) is 34.6 Å². The number of halogens is 1. The van der Waals surface area contributed by atoms with Crippen LogP contribution in [0, 0.1) is 0 Å². The number of nitrogens with zero attached hydrogens (tertiary/aromatic N) is 1. The smallest absolute Gasteiger partial charge is 0.335 e. The summed E-state index contributed by atoms with van der Waals surface area (Å²) >= 11 is 5.84. The van der Waals surface area contributed by atoms with E-state index in [9.17, 15) is 9.59 Å². The van der Waals surface area contributed by atoms with Gasteiger partial charge in [-0.15, -0.1) is 0 Å². The molecule has 0 aromatic heterocycles. The molecule has 1 aliphatic rings. The third kappa shape index (κ3) is 3.38. The van der Waals surface area contributed by atoms with Gasteiger partial charge in [0.2, 0.25) is 0 Å². The predicted molar refractivity (Wildman–Crippen MR) is 72.8 cm³/mol. The van der Waals surface area contributed by atoms with Crippen LogP contribution in [0.2, 0.25) is 5.02 Å². The van der Waals surface area contributed by atoms with Gasteiger partial charge < -0.3 is 15.3 Å². The van der Waals surface area contributed by atoms with Crippen molar-refractivity contribution in [3.05, 3.63) is 28.8 Å². The number of urea groups is 1. The van der Waals surface area contributed by atoms with Crippen LogP contribution < -0.4 is 5.32 Å². The number of hydrogen-bond donors (Lipinski definition) is 2. The quantitative estimate of drug-likeness (QED) is 0.892. The fourth-order valence-corrected chi connectivity index (χ4v) is 2.17. The Morgan fingerprint density at radius 1 is 1.42 bits per heavy atom. The van der Waals surface area contributed by atoms with E-state index in [1.807, 2.05) is 6.92 Å². The molecule has 6 heteroatoms. The molecule has 0 radical (unpaired) electrons. The van der Waals surface area contributed by atoms with Crippen molar-refractivity contribution in [1.29, 1.82) is 0 Å². The number of hydrogen-bond acceptors (Lipinski definition) is 2. The number of amides is 2. The molecule has 1 aromatic carbocycles. The molecule has 5 nitrogen and oxygen atoms in total. The number of carbonyl (C=O) groups excluding carboxylic acids is 1. The molecule has 1 aromatic rings. The van der Waals surface area contributed by atoms with Crippen molar-refractivity contribution >= 4 is 29.3 Å². The number of carboxylic acids is 1. The summed E-state index contributed by atoms with van der Waals surface area (Å²) in [7, 11) is 0. The summed E-state index contributed by atoms with van der Waals surface area (Å²) in [5.41, 5.74) is 0.450. The lowest BCUT2D eigenvalue weighted by molar-refractivity contribution is 0.0697. The van der Waals surface area contributed by atoms with Crippen LogP contribution >= 0.6 is 11.6 Å². The molecule has 19 heavy (non-hydrogen) atoms. The fourth-order valence-electron chi connectivity index (χ4n) is 1.93. The maximum absolute atomic E-state index is 12.0. The summed E-state index contributed by atoms with van der Waals surface area (Å²) in [4.78, 5) is 24.7. The Bertz CT molecular complexity index is 515. The van der Waals surface area contributed by atoms with Crippen LogP contribution in [0.5, 0.6) is 0 Å². The van der Waals surface area contributed by atoms with Crippen molar-refractivity contribution < 1.29 is 14.7 Å². The van der Waals surface area contributed by atoms with Crippen molar-refractivity contribution in [2.45, 2.75) is 25.8 Å². The van der Waals surface area contributed by atoms with E-state index in [0.717, 1.165) is 12.8 Å². The van der Waals surface area contributed by atoms with Gasteiger partial charge in [-0.25, -0.2) is 9.59 Å². The van der Waals surface area contributed by atoms with Crippen LogP contribution in [0.1, 0.15) is 30.1 Å². The molecule has 2 rings (SSSR count). The monoisotopic (exact) mass is 282 g/mol. The van der Waals surface area contributed by atoms with Crippen LogP contribution in [0.3, 0.4) is 0 Å². The highest BCUT2D eigenvalue weighted by atomic mass is 35.5. The zero-order valence-electron chi connectivity index (χ0n) is 10.5.